The molecule has 24 heavy (non-hydrogen) atoms. The average molecular weight is 342 g/mol. The Kier molecular flexibility index (Phi) is 5.33. The zero-order valence-electron chi connectivity index (χ0n) is 13.5. The number of rotatable bonds is 8. The van der Waals surface area contributed by atoms with E-state index >= 15 is 0 Å². The molecule has 2 aromatic carbocycles. The van der Waals surface area contributed by atoms with E-state index in [0.717, 1.165) is 17.6 Å². The fraction of sp³-hybridized carbons (Fsp3) is 0.263. The van der Waals surface area contributed by atoms with E-state index in [9.17, 15) is 8.42 Å². The van der Waals surface area contributed by atoms with Gasteiger partial charge in [-0.15, -0.1) is 0 Å². The molecule has 126 valence electrons. The van der Waals surface area contributed by atoms with E-state index < -0.39 is 9.84 Å². The van der Waals surface area contributed by atoms with E-state index in [-0.39, 0.29) is 11.5 Å². The monoisotopic (exact) mass is 342 g/mol. The molecule has 1 heterocycles. The van der Waals surface area contributed by atoms with E-state index in [2.05, 4.69) is 28.5 Å². The van der Waals surface area contributed by atoms with E-state index in [1.165, 1.54) is 10.9 Å². The number of hydrogen-bond acceptors (Lipinski definition) is 3. The first-order valence-electron chi connectivity index (χ1n) is 8.14. The second-order valence-corrected chi connectivity index (χ2v) is 8.15. The molecule has 0 atom stereocenters. The maximum Gasteiger partial charge on any atom is 0.154 e. The first kappa shape index (κ1) is 16.7. The van der Waals surface area contributed by atoms with Crippen LogP contribution in [-0.4, -0.2) is 25.7 Å². The van der Waals surface area contributed by atoms with Crippen LogP contribution in [0.4, 0.5) is 0 Å². The van der Waals surface area contributed by atoms with Gasteiger partial charge in [0.05, 0.1) is 11.5 Å². The highest BCUT2D eigenvalue weighted by molar-refractivity contribution is 7.90. The SMILES string of the molecule is O=S(=O)(CCCNCc1cccc2[nH]ccc12)Cc1ccccc1. The molecule has 0 aliphatic heterocycles. The maximum absolute atomic E-state index is 12.1. The number of sulfone groups is 1. The second-order valence-electron chi connectivity index (χ2n) is 5.96. The number of aromatic nitrogens is 1. The van der Waals surface area contributed by atoms with Gasteiger partial charge in [0.25, 0.3) is 0 Å². The molecule has 0 unspecified atom stereocenters. The Bertz CT molecular complexity index is 886. The Morgan fingerprint density at radius 3 is 2.62 bits per heavy atom. The number of fused-ring (bicyclic) bond motifs is 1. The summed E-state index contributed by atoms with van der Waals surface area (Å²) in [6.07, 6.45) is 2.56. The van der Waals surface area contributed by atoms with Gasteiger partial charge in [0, 0.05) is 23.6 Å². The van der Waals surface area contributed by atoms with Gasteiger partial charge in [-0.2, -0.15) is 0 Å². The molecule has 3 rings (SSSR count). The Morgan fingerprint density at radius 1 is 0.958 bits per heavy atom. The van der Waals surface area contributed by atoms with Gasteiger partial charge in [0.1, 0.15) is 0 Å². The van der Waals surface area contributed by atoms with Crippen LogP contribution in [-0.2, 0) is 22.1 Å². The van der Waals surface area contributed by atoms with Crippen molar-refractivity contribution in [1.29, 1.82) is 0 Å². The molecule has 0 bridgehead atoms. The Morgan fingerprint density at radius 2 is 1.79 bits per heavy atom. The van der Waals surface area contributed by atoms with Crippen LogP contribution in [0.5, 0.6) is 0 Å². The van der Waals surface area contributed by atoms with Crippen LogP contribution in [0.25, 0.3) is 10.9 Å². The molecule has 0 saturated carbocycles. The highest BCUT2D eigenvalue weighted by Crippen LogP contribution is 2.17. The van der Waals surface area contributed by atoms with Crippen LogP contribution in [0.1, 0.15) is 17.5 Å². The van der Waals surface area contributed by atoms with Crippen molar-refractivity contribution in [2.45, 2.75) is 18.7 Å². The highest BCUT2D eigenvalue weighted by Gasteiger charge is 2.11. The van der Waals surface area contributed by atoms with Gasteiger partial charge in [0.2, 0.25) is 0 Å². The Balaban J connectivity index is 1.44. The molecule has 0 amide bonds. The van der Waals surface area contributed by atoms with Gasteiger partial charge in [-0.25, -0.2) is 8.42 Å². The van der Waals surface area contributed by atoms with Crippen LogP contribution in [0.15, 0.2) is 60.8 Å². The van der Waals surface area contributed by atoms with Crippen LogP contribution >= 0.6 is 0 Å². The van der Waals surface area contributed by atoms with Crippen molar-refractivity contribution < 1.29 is 8.42 Å². The number of hydrogen-bond donors (Lipinski definition) is 2. The van der Waals surface area contributed by atoms with Gasteiger partial charge in [-0.3, -0.25) is 0 Å². The predicted octanol–water partition coefficient (Wildman–Crippen LogP) is 3.26. The van der Waals surface area contributed by atoms with Gasteiger partial charge < -0.3 is 10.3 Å². The van der Waals surface area contributed by atoms with E-state index in [4.69, 9.17) is 0 Å². The third kappa shape index (κ3) is 4.46. The lowest BCUT2D eigenvalue weighted by Crippen LogP contribution is -2.19. The molecular formula is C19H22N2O2S. The standard InChI is InChI=1S/C19H22N2O2S/c22-24(23,15-16-6-2-1-3-7-16)13-5-11-20-14-17-8-4-9-19-18(17)10-12-21-19/h1-4,6-10,12,20-21H,5,11,13-15H2. The topological polar surface area (TPSA) is 62.0 Å². The summed E-state index contributed by atoms with van der Waals surface area (Å²) in [5.41, 5.74) is 3.20. The van der Waals surface area contributed by atoms with Crippen molar-refractivity contribution in [3.05, 3.63) is 71.9 Å². The highest BCUT2D eigenvalue weighted by atomic mass is 32.2. The van der Waals surface area contributed by atoms with Crippen LogP contribution in [0.2, 0.25) is 0 Å². The van der Waals surface area contributed by atoms with Crippen LogP contribution in [0.3, 0.4) is 0 Å². The quantitative estimate of drug-likeness (QED) is 0.618. The van der Waals surface area contributed by atoms with E-state index in [1.807, 2.05) is 42.6 Å². The lowest BCUT2D eigenvalue weighted by Gasteiger charge is -2.07. The first-order chi connectivity index (χ1) is 11.6. The number of benzene rings is 2. The van der Waals surface area contributed by atoms with Crippen LogP contribution < -0.4 is 5.32 Å². The largest absolute Gasteiger partial charge is 0.361 e. The average Bonchev–Trinajstić information content (AvgIpc) is 3.04. The fourth-order valence-electron chi connectivity index (χ4n) is 2.85. The molecular weight excluding hydrogens is 320 g/mol. The summed E-state index contributed by atoms with van der Waals surface area (Å²) < 4.78 is 24.3. The molecule has 0 aliphatic carbocycles. The minimum atomic E-state index is -3.05. The van der Waals surface area contributed by atoms with Crippen molar-refractivity contribution in [2.24, 2.45) is 0 Å². The fourth-order valence-corrected chi connectivity index (χ4v) is 4.27. The minimum Gasteiger partial charge on any atom is -0.361 e. The molecule has 2 N–H and O–H groups in total. The molecule has 1 aromatic heterocycles. The lowest BCUT2D eigenvalue weighted by atomic mass is 10.1. The van der Waals surface area contributed by atoms with Gasteiger partial charge >= 0.3 is 0 Å². The Labute approximate surface area is 142 Å². The smallest absolute Gasteiger partial charge is 0.154 e. The zero-order chi connectivity index (χ0) is 16.8. The zero-order valence-corrected chi connectivity index (χ0v) is 14.4. The molecule has 0 spiro atoms. The van der Waals surface area contributed by atoms with E-state index in [0.29, 0.717) is 13.0 Å². The molecule has 5 heteroatoms. The summed E-state index contributed by atoms with van der Waals surface area (Å²) in [7, 11) is -3.05. The van der Waals surface area contributed by atoms with E-state index in [1.54, 1.807) is 0 Å². The van der Waals surface area contributed by atoms with Gasteiger partial charge in [-0.1, -0.05) is 42.5 Å². The Hall–Kier alpha value is -2.11. The summed E-state index contributed by atoms with van der Waals surface area (Å²) >= 11 is 0. The number of nitrogens with one attached hydrogen (secondary N) is 2. The number of aromatic amines is 1. The van der Waals surface area contributed by atoms with Crippen molar-refractivity contribution in [1.82, 2.24) is 10.3 Å². The summed E-state index contributed by atoms with van der Waals surface area (Å²) in [5, 5.41) is 4.55. The lowest BCUT2D eigenvalue weighted by molar-refractivity contribution is 0.588. The van der Waals surface area contributed by atoms with Gasteiger partial charge in [0.15, 0.2) is 9.84 Å². The normalized spacial score (nSPS) is 11.8. The predicted molar refractivity (Wildman–Crippen MR) is 98.6 cm³/mol. The third-order valence-corrected chi connectivity index (χ3v) is 5.72. The molecule has 3 aromatic rings. The molecule has 4 nitrogen and oxygen atoms in total. The first-order valence-corrected chi connectivity index (χ1v) is 9.96. The second kappa shape index (κ2) is 7.64. The van der Waals surface area contributed by atoms with Crippen LogP contribution in [0, 0.1) is 0 Å². The van der Waals surface area contributed by atoms with Gasteiger partial charge in [-0.05, 0) is 36.2 Å². The minimum absolute atomic E-state index is 0.122. The molecule has 0 fully saturated rings. The molecule has 0 aliphatic rings. The summed E-state index contributed by atoms with van der Waals surface area (Å²) in [6, 6.07) is 17.6. The maximum atomic E-state index is 12.1. The molecule has 0 radical (unpaired) electrons. The molecule has 0 saturated heterocycles. The van der Waals surface area contributed by atoms with Crippen molar-refractivity contribution in [2.75, 3.05) is 12.3 Å². The summed E-state index contributed by atoms with van der Waals surface area (Å²) in [6.45, 7) is 1.43. The summed E-state index contributed by atoms with van der Waals surface area (Å²) in [4.78, 5) is 3.20. The van der Waals surface area contributed by atoms with Crippen molar-refractivity contribution in [3.63, 3.8) is 0 Å². The third-order valence-electron chi connectivity index (χ3n) is 4.04. The van der Waals surface area contributed by atoms with Crippen molar-refractivity contribution >= 4 is 20.7 Å². The number of H-pyrrole nitrogens is 1. The summed E-state index contributed by atoms with van der Waals surface area (Å²) in [5.74, 6) is 0.333. The van der Waals surface area contributed by atoms with Crippen molar-refractivity contribution in [3.8, 4) is 0 Å².